The summed E-state index contributed by atoms with van der Waals surface area (Å²) in [5.41, 5.74) is 1.98. The maximum Gasteiger partial charge on any atom is 0.325 e. The van der Waals surface area contributed by atoms with E-state index in [1.165, 1.54) is 5.56 Å². The molecule has 25 heavy (non-hydrogen) atoms. The summed E-state index contributed by atoms with van der Waals surface area (Å²) in [5, 5.41) is 9.66. The predicted molar refractivity (Wildman–Crippen MR) is 95.6 cm³/mol. The van der Waals surface area contributed by atoms with Crippen LogP contribution >= 0.6 is 0 Å². The number of ether oxygens (including phenoxy) is 1. The average Bonchev–Trinajstić information content (AvgIpc) is 2.64. The molecule has 1 atom stereocenters. The van der Waals surface area contributed by atoms with Crippen LogP contribution in [0, 0.1) is 5.92 Å². The van der Waals surface area contributed by atoms with Crippen LogP contribution in [0.5, 0.6) is 5.75 Å². The summed E-state index contributed by atoms with van der Waals surface area (Å²) in [6.45, 7) is 1.57. The molecule has 0 aliphatic carbocycles. The Labute approximate surface area is 148 Å². The number of carbonyl (C=O) groups is 1. The Morgan fingerprint density at radius 1 is 1.28 bits per heavy atom. The van der Waals surface area contributed by atoms with Gasteiger partial charge in [0, 0.05) is 12.4 Å². The first-order chi connectivity index (χ1) is 12.2. The number of nitrogens with zero attached hydrogens (tertiary/aromatic N) is 2. The van der Waals surface area contributed by atoms with Crippen LogP contribution in [0.4, 0.5) is 0 Å². The molecule has 1 aliphatic heterocycles. The number of methoxy groups -OCH3 is 1. The topological polar surface area (TPSA) is 62.7 Å². The summed E-state index contributed by atoms with van der Waals surface area (Å²) in [4.78, 5) is 17.9. The maximum absolute atomic E-state index is 11.8. The van der Waals surface area contributed by atoms with Gasteiger partial charge in [-0.05, 0) is 61.5 Å². The number of likely N-dealkylation sites (tertiary alicyclic amines) is 1. The molecule has 3 rings (SSSR count). The number of hydrogen-bond donors (Lipinski definition) is 1. The lowest BCUT2D eigenvalue weighted by Gasteiger charge is -2.35. The zero-order valence-corrected chi connectivity index (χ0v) is 14.5. The molecule has 1 saturated heterocycles. The van der Waals surface area contributed by atoms with Gasteiger partial charge >= 0.3 is 5.97 Å². The number of para-hydroxylation sites is 1. The van der Waals surface area contributed by atoms with Gasteiger partial charge in [0.05, 0.1) is 7.11 Å². The Morgan fingerprint density at radius 3 is 2.68 bits per heavy atom. The van der Waals surface area contributed by atoms with Gasteiger partial charge in [0.15, 0.2) is 0 Å². The van der Waals surface area contributed by atoms with E-state index in [2.05, 4.69) is 16.0 Å². The van der Waals surface area contributed by atoms with E-state index in [0.717, 1.165) is 43.7 Å². The van der Waals surface area contributed by atoms with Crippen LogP contribution in [0.2, 0.25) is 0 Å². The average molecular weight is 340 g/mol. The van der Waals surface area contributed by atoms with Crippen molar-refractivity contribution < 1.29 is 14.6 Å². The monoisotopic (exact) mass is 340 g/mol. The Balaban J connectivity index is 1.64. The third kappa shape index (κ3) is 4.17. The van der Waals surface area contributed by atoms with Gasteiger partial charge < -0.3 is 9.84 Å². The molecule has 1 aromatic heterocycles. The lowest BCUT2D eigenvalue weighted by molar-refractivity contribution is -0.144. The van der Waals surface area contributed by atoms with Crippen molar-refractivity contribution >= 4 is 5.97 Å². The van der Waals surface area contributed by atoms with Crippen molar-refractivity contribution in [3.63, 3.8) is 0 Å². The maximum atomic E-state index is 11.8. The Kier molecular flexibility index (Phi) is 5.66. The molecule has 1 aliphatic rings. The van der Waals surface area contributed by atoms with Crippen molar-refractivity contribution in [1.29, 1.82) is 0 Å². The second kappa shape index (κ2) is 8.12. The number of carboxylic acids is 1. The highest BCUT2D eigenvalue weighted by Gasteiger charge is 2.31. The van der Waals surface area contributed by atoms with Crippen LogP contribution in [0.1, 0.15) is 30.0 Å². The van der Waals surface area contributed by atoms with Crippen molar-refractivity contribution in [2.24, 2.45) is 5.92 Å². The van der Waals surface area contributed by atoms with Gasteiger partial charge in [-0.2, -0.15) is 0 Å². The van der Waals surface area contributed by atoms with Crippen molar-refractivity contribution in [1.82, 2.24) is 9.88 Å². The van der Waals surface area contributed by atoms with Gasteiger partial charge in [0.2, 0.25) is 0 Å². The van der Waals surface area contributed by atoms with Crippen LogP contribution in [0.15, 0.2) is 48.8 Å². The number of aromatic nitrogens is 1. The van der Waals surface area contributed by atoms with Crippen LogP contribution in [0.3, 0.4) is 0 Å². The number of pyridine rings is 1. The lowest BCUT2D eigenvalue weighted by Crippen LogP contribution is -2.40. The van der Waals surface area contributed by atoms with Crippen molar-refractivity contribution in [2.75, 3.05) is 20.2 Å². The summed E-state index contributed by atoms with van der Waals surface area (Å²) in [6.07, 6.45) is 6.27. The van der Waals surface area contributed by atoms with E-state index in [-0.39, 0.29) is 0 Å². The van der Waals surface area contributed by atoms with Crippen LogP contribution < -0.4 is 4.74 Å². The second-order valence-electron chi connectivity index (χ2n) is 6.52. The summed E-state index contributed by atoms with van der Waals surface area (Å²) in [7, 11) is 1.70. The first kappa shape index (κ1) is 17.4. The summed E-state index contributed by atoms with van der Waals surface area (Å²) >= 11 is 0. The third-order valence-corrected chi connectivity index (χ3v) is 4.95. The molecule has 1 N–H and O–H groups in total. The first-order valence-electron chi connectivity index (χ1n) is 8.67. The van der Waals surface area contributed by atoms with Gasteiger partial charge in [-0.25, -0.2) is 0 Å². The second-order valence-corrected chi connectivity index (χ2v) is 6.52. The SMILES string of the molecule is COc1ccccc1CC1CCN(C(C(=O)O)c2cccnc2)CC1. The highest BCUT2D eigenvalue weighted by molar-refractivity contribution is 5.75. The smallest absolute Gasteiger partial charge is 0.325 e. The fraction of sp³-hybridized carbons (Fsp3) is 0.400. The summed E-state index contributed by atoms with van der Waals surface area (Å²) in [6, 6.07) is 11.1. The number of aliphatic carboxylic acids is 1. The van der Waals surface area contributed by atoms with Crippen LogP contribution in [-0.2, 0) is 11.2 Å². The molecule has 1 aromatic carbocycles. The number of hydrogen-bond acceptors (Lipinski definition) is 4. The highest BCUT2D eigenvalue weighted by Crippen LogP contribution is 2.30. The minimum Gasteiger partial charge on any atom is -0.496 e. The van der Waals surface area contributed by atoms with Gasteiger partial charge in [-0.1, -0.05) is 24.3 Å². The highest BCUT2D eigenvalue weighted by atomic mass is 16.5. The van der Waals surface area contributed by atoms with Gasteiger partial charge in [-0.15, -0.1) is 0 Å². The molecular weight excluding hydrogens is 316 g/mol. The van der Waals surface area contributed by atoms with E-state index < -0.39 is 12.0 Å². The Hall–Kier alpha value is -2.40. The molecular formula is C20H24N2O3. The molecule has 1 fully saturated rings. The zero-order valence-electron chi connectivity index (χ0n) is 14.5. The van der Waals surface area contributed by atoms with Crippen LogP contribution in [-0.4, -0.2) is 41.2 Å². The van der Waals surface area contributed by atoms with E-state index in [0.29, 0.717) is 5.92 Å². The molecule has 5 heteroatoms. The number of piperidine rings is 1. The quantitative estimate of drug-likeness (QED) is 0.875. The van der Waals surface area contributed by atoms with E-state index in [4.69, 9.17) is 4.74 Å². The number of rotatable bonds is 6. The molecule has 0 bridgehead atoms. The van der Waals surface area contributed by atoms with Gasteiger partial charge in [-0.3, -0.25) is 14.7 Å². The standard InChI is InChI=1S/C20H24N2O3/c1-25-18-7-3-2-5-16(18)13-15-8-11-22(12-9-15)19(20(23)24)17-6-4-10-21-14-17/h2-7,10,14-15,19H,8-9,11-13H2,1H3,(H,23,24). The molecule has 5 nitrogen and oxygen atoms in total. The fourth-order valence-electron chi connectivity index (χ4n) is 3.65. The third-order valence-electron chi connectivity index (χ3n) is 4.95. The molecule has 0 spiro atoms. The van der Waals surface area contributed by atoms with E-state index in [1.54, 1.807) is 25.6 Å². The summed E-state index contributed by atoms with van der Waals surface area (Å²) < 4.78 is 5.44. The molecule has 0 amide bonds. The van der Waals surface area contributed by atoms with Crippen LogP contribution in [0.25, 0.3) is 0 Å². The minimum absolute atomic E-state index is 0.552. The lowest BCUT2D eigenvalue weighted by atomic mass is 9.88. The van der Waals surface area contributed by atoms with E-state index in [9.17, 15) is 9.90 Å². The van der Waals surface area contributed by atoms with E-state index >= 15 is 0 Å². The van der Waals surface area contributed by atoms with Crippen molar-refractivity contribution in [3.05, 3.63) is 59.9 Å². The van der Waals surface area contributed by atoms with Gasteiger partial charge in [0.25, 0.3) is 0 Å². The molecule has 2 aromatic rings. The summed E-state index contributed by atoms with van der Waals surface area (Å²) in [5.74, 6) is 0.677. The molecule has 1 unspecified atom stereocenters. The molecule has 2 heterocycles. The molecule has 0 radical (unpaired) electrons. The first-order valence-corrected chi connectivity index (χ1v) is 8.67. The fourth-order valence-corrected chi connectivity index (χ4v) is 3.65. The van der Waals surface area contributed by atoms with Crippen molar-refractivity contribution in [2.45, 2.75) is 25.3 Å². The minimum atomic E-state index is -0.809. The zero-order chi connectivity index (χ0) is 17.6. The Morgan fingerprint density at radius 2 is 2.04 bits per heavy atom. The van der Waals surface area contributed by atoms with Gasteiger partial charge in [0.1, 0.15) is 11.8 Å². The van der Waals surface area contributed by atoms with Crippen molar-refractivity contribution in [3.8, 4) is 5.75 Å². The Bertz CT molecular complexity index is 697. The predicted octanol–water partition coefficient (Wildman–Crippen LogP) is 3.17. The largest absolute Gasteiger partial charge is 0.496 e. The molecule has 132 valence electrons. The van der Waals surface area contributed by atoms with E-state index in [1.807, 2.05) is 24.3 Å². The normalized spacial score (nSPS) is 17.2. The molecule has 0 saturated carbocycles. The number of carboxylic acid groups (broad SMARTS) is 1. The number of benzene rings is 1.